The second-order valence-corrected chi connectivity index (χ2v) is 6.64. The number of aryl methyl sites for hydroxylation is 1. The monoisotopic (exact) mass is 310 g/mol. The van der Waals surface area contributed by atoms with E-state index in [-0.39, 0.29) is 16.9 Å². The van der Waals surface area contributed by atoms with Gasteiger partial charge in [0.25, 0.3) is 5.69 Å². The smallest absolute Gasteiger partial charge is 0.271 e. The van der Waals surface area contributed by atoms with Crippen LogP contribution in [-0.2, 0) is 6.42 Å². The van der Waals surface area contributed by atoms with Crippen molar-refractivity contribution in [2.24, 2.45) is 5.41 Å². The molecule has 0 unspecified atom stereocenters. The number of nitrogens with one attached hydrogen (secondary N) is 1. The van der Waals surface area contributed by atoms with E-state index in [2.05, 4.69) is 5.32 Å². The van der Waals surface area contributed by atoms with Crippen molar-refractivity contribution in [1.29, 1.82) is 0 Å². The number of hydrogen-bond acceptors (Lipinski definition) is 4. The van der Waals surface area contributed by atoms with Crippen molar-refractivity contribution in [2.45, 2.75) is 27.2 Å². The molecule has 0 atom stereocenters. The highest BCUT2D eigenvalue weighted by molar-refractivity contribution is 6.04. The van der Waals surface area contributed by atoms with Gasteiger partial charge in [-0.15, -0.1) is 0 Å². The maximum absolute atomic E-state index is 12.3. The Morgan fingerprint density at radius 2 is 1.91 bits per heavy atom. The molecular weight excluding hydrogens is 292 g/mol. The molecule has 2 aromatic rings. The van der Waals surface area contributed by atoms with Crippen LogP contribution in [0.15, 0.2) is 36.4 Å². The lowest BCUT2D eigenvalue weighted by molar-refractivity contribution is -0.384. The summed E-state index contributed by atoms with van der Waals surface area (Å²) >= 11 is 0. The zero-order valence-electron chi connectivity index (χ0n) is 13.3. The van der Waals surface area contributed by atoms with E-state index in [9.17, 15) is 14.9 Å². The molecule has 0 aliphatic heterocycles. The van der Waals surface area contributed by atoms with Gasteiger partial charge in [-0.1, -0.05) is 19.9 Å². The van der Waals surface area contributed by atoms with Crippen molar-refractivity contribution in [1.82, 2.24) is 0 Å². The van der Waals surface area contributed by atoms with Crippen LogP contribution in [0, 0.1) is 22.5 Å². The fraction of sp³-hybridized carbons (Fsp3) is 0.278. The summed E-state index contributed by atoms with van der Waals surface area (Å²) in [4.78, 5) is 22.8. The summed E-state index contributed by atoms with van der Waals surface area (Å²) in [6.45, 7) is 5.80. The largest absolute Gasteiger partial charge is 0.355 e. The number of nitro groups is 1. The van der Waals surface area contributed by atoms with Gasteiger partial charge in [-0.2, -0.15) is 0 Å². The minimum absolute atomic E-state index is 0.0515. The quantitative estimate of drug-likeness (QED) is 0.673. The molecule has 0 saturated heterocycles. The van der Waals surface area contributed by atoms with Gasteiger partial charge in [0, 0.05) is 34.5 Å². The van der Waals surface area contributed by atoms with E-state index in [1.54, 1.807) is 6.07 Å². The first-order chi connectivity index (χ1) is 10.8. The van der Waals surface area contributed by atoms with Gasteiger partial charge in [-0.3, -0.25) is 14.9 Å². The average Bonchev–Trinajstić information content (AvgIpc) is 2.70. The molecule has 0 heterocycles. The van der Waals surface area contributed by atoms with Gasteiger partial charge in [0.05, 0.1) is 4.92 Å². The Labute approximate surface area is 134 Å². The molecule has 0 fully saturated rings. The lowest BCUT2D eigenvalue weighted by atomic mass is 9.89. The van der Waals surface area contributed by atoms with Crippen molar-refractivity contribution >= 4 is 22.8 Å². The highest BCUT2D eigenvalue weighted by atomic mass is 16.6. The first kappa shape index (κ1) is 15.2. The normalized spacial score (nSPS) is 15.3. The van der Waals surface area contributed by atoms with Gasteiger partial charge >= 0.3 is 0 Å². The SMILES string of the molecule is Cc1ccc([N+](=O)[O-])cc1Nc1ccc2c(c1)CC(C)(C)C2=O. The molecule has 0 amide bonds. The highest BCUT2D eigenvalue weighted by Crippen LogP contribution is 2.38. The Morgan fingerprint density at radius 3 is 2.61 bits per heavy atom. The van der Waals surface area contributed by atoms with Crippen molar-refractivity contribution in [3.8, 4) is 0 Å². The molecule has 5 nitrogen and oxygen atoms in total. The Hall–Kier alpha value is -2.69. The number of non-ortho nitro benzene ring substituents is 1. The van der Waals surface area contributed by atoms with Crippen LogP contribution < -0.4 is 5.32 Å². The van der Waals surface area contributed by atoms with Crippen LogP contribution >= 0.6 is 0 Å². The first-order valence-corrected chi connectivity index (χ1v) is 7.48. The number of fused-ring (bicyclic) bond motifs is 1. The van der Waals surface area contributed by atoms with Crippen LogP contribution in [0.1, 0.15) is 35.3 Å². The van der Waals surface area contributed by atoms with Crippen LogP contribution in [0.4, 0.5) is 17.1 Å². The second kappa shape index (κ2) is 5.19. The van der Waals surface area contributed by atoms with Crippen LogP contribution in [0.2, 0.25) is 0 Å². The number of anilines is 2. The van der Waals surface area contributed by atoms with Gasteiger partial charge in [0.15, 0.2) is 5.78 Å². The predicted molar refractivity (Wildman–Crippen MR) is 89.4 cm³/mol. The third-order valence-corrected chi connectivity index (χ3v) is 4.31. The van der Waals surface area contributed by atoms with Crippen molar-refractivity contribution in [2.75, 3.05) is 5.32 Å². The topological polar surface area (TPSA) is 72.2 Å². The average molecular weight is 310 g/mol. The number of hydrogen-bond donors (Lipinski definition) is 1. The summed E-state index contributed by atoms with van der Waals surface area (Å²) in [6.07, 6.45) is 0.713. The molecule has 0 saturated carbocycles. The third-order valence-electron chi connectivity index (χ3n) is 4.31. The van der Waals surface area contributed by atoms with E-state index >= 15 is 0 Å². The van der Waals surface area contributed by atoms with Gasteiger partial charge in [0.2, 0.25) is 0 Å². The number of benzene rings is 2. The molecular formula is C18H18N2O3. The van der Waals surface area contributed by atoms with E-state index in [1.165, 1.54) is 12.1 Å². The lowest BCUT2D eigenvalue weighted by Gasteiger charge is -2.13. The minimum Gasteiger partial charge on any atom is -0.355 e. The summed E-state index contributed by atoms with van der Waals surface area (Å²) < 4.78 is 0. The summed E-state index contributed by atoms with van der Waals surface area (Å²) in [7, 11) is 0. The van der Waals surface area contributed by atoms with Gasteiger partial charge in [-0.05, 0) is 42.7 Å². The van der Waals surface area contributed by atoms with Gasteiger partial charge in [0.1, 0.15) is 0 Å². The van der Waals surface area contributed by atoms with Crippen LogP contribution in [-0.4, -0.2) is 10.7 Å². The zero-order chi connectivity index (χ0) is 16.8. The first-order valence-electron chi connectivity index (χ1n) is 7.48. The number of carbonyl (C=O) groups excluding carboxylic acids is 1. The number of ketones is 1. The molecule has 0 bridgehead atoms. The van der Waals surface area contributed by atoms with E-state index in [0.717, 1.165) is 22.4 Å². The Kier molecular flexibility index (Phi) is 3.43. The van der Waals surface area contributed by atoms with Crippen LogP contribution in [0.5, 0.6) is 0 Å². The highest BCUT2D eigenvalue weighted by Gasteiger charge is 2.37. The minimum atomic E-state index is -0.408. The molecule has 1 N–H and O–H groups in total. The molecule has 3 rings (SSSR count). The molecule has 5 heteroatoms. The molecule has 0 aromatic heterocycles. The van der Waals surface area contributed by atoms with Crippen LogP contribution in [0.3, 0.4) is 0 Å². The fourth-order valence-corrected chi connectivity index (χ4v) is 2.97. The van der Waals surface area contributed by atoms with Crippen molar-refractivity contribution < 1.29 is 9.72 Å². The molecule has 118 valence electrons. The third kappa shape index (κ3) is 2.70. The summed E-state index contributed by atoms with van der Waals surface area (Å²) in [5.41, 5.74) is 3.94. The van der Waals surface area contributed by atoms with E-state index in [1.807, 2.05) is 39.0 Å². The summed E-state index contributed by atoms with van der Waals surface area (Å²) in [6, 6.07) is 10.4. The van der Waals surface area contributed by atoms with Crippen molar-refractivity contribution in [3.05, 3.63) is 63.2 Å². The Morgan fingerprint density at radius 1 is 1.17 bits per heavy atom. The molecule has 0 radical (unpaired) electrons. The van der Waals surface area contributed by atoms with Crippen molar-refractivity contribution in [3.63, 3.8) is 0 Å². The predicted octanol–water partition coefficient (Wildman–Crippen LogP) is 4.41. The van der Waals surface area contributed by atoms with E-state index in [0.29, 0.717) is 12.1 Å². The maximum Gasteiger partial charge on any atom is 0.271 e. The van der Waals surface area contributed by atoms with Gasteiger partial charge < -0.3 is 5.32 Å². The standard InChI is InChI=1S/C18H18N2O3/c1-11-4-6-14(20(22)23)9-16(11)19-13-5-7-15-12(8-13)10-18(2,3)17(15)21/h4-9,19H,10H2,1-3H3. The second-order valence-electron chi connectivity index (χ2n) is 6.64. The number of nitro benzene ring substituents is 1. The van der Waals surface area contributed by atoms with Gasteiger partial charge in [-0.25, -0.2) is 0 Å². The summed E-state index contributed by atoms with van der Waals surface area (Å²) in [5.74, 6) is 0.172. The molecule has 1 aliphatic carbocycles. The zero-order valence-corrected chi connectivity index (χ0v) is 13.3. The molecule has 23 heavy (non-hydrogen) atoms. The number of carbonyl (C=O) groups is 1. The molecule has 1 aliphatic rings. The fourth-order valence-electron chi connectivity index (χ4n) is 2.97. The number of Topliss-reactive ketones (excluding diaryl/α,β-unsaturated/α-hetero) is 1. The maximum atomic E-state index is 12.3. The van der Waals surface area contributed by atoms with E-state index < -0.39 is 4.92 Å². The number of nitrogens with zero attached hydrogens (tertiary/aromatic N) is 1. The lowest BCUT2D eigenvalue weighted by Crippen LogP contribution is -2.18. The van der Waals surface area contributed by atoms with Crippen LogP contribution in [0.25, 0.3) is 0 Å². The number of rotatable bonds is 3. The molecule has 0 spiro atoms. The Balaban J connectivity index is 1.93. The molecule has 2 aromatic carbocycles. The summed E-state index contributed by atoms with van der Waals surface area (Å²) in [5, 5.41) is 14.1. The van der Waals surface area contributed by atoms with E-state index in [4.69, 9.17) is 0 Å². The Bertz CT molecular complexity index is 825.